The minimum absolute atomic E-state index is 0.0939. The predicted molar refractivity (Wildman–Crippen MR) is 163 cm³/mol. The molecule has 1 heterocycles. The number of benzene rings is 3. The molecule has 12 heteroatoms. The van der Waals surface area contributed by atoms with Gasteiger partial charge in [0.05, 0.1) is 37.6 Å². The Morgan fingerprint density at radius 2 is 1.65 bits per heavy atom. The first-order valence-electron chi connectivity index (χ1n) is 13.3. The van der Waals surface area contributed by atoms with Crippen molar-refractivity contribution in [2.75, 3.05) is 31.7 Å². The van der Waals surface area contributed by atoms with E-state index in [9.17, 15) is 17.6 Å². The molecule has 0 aliphatic heterocycles. The van der Waals surface area contributed by atoms with Gasteiger partial charge in [-0.05, 0) is 87.5 Å². The number of aryl methyl sites for hydroxylation is 1. The molecular formula is C31H33FN4O6S. The molecule has 226 valence electrons. The van der Waals surface area contributed by atoms with Crippen molar-refractivity contribution in [2.45, 2.75) is 25.7 Å². The van der Waals surface area contributed by atoms with E-state index in [-0.39, 0.29) is 22.1 Å². The summed E-state index contributed by atoms with van der Waals surface area (Å²) in [4.78, 5) is 13.0. The Bertz CT molecular complexity index is 1720. The van der Waals surface area contributed by atoms with Crippen molar-refractivity contribution in [3.05, 3.63) is 95.6 Å². The van der Waals surface area contributed by atoms with Crippen LogP contribution in [0, 0.1) is 19.7 Å². The van der Waals surface area contributed by atoms with Crippen molar-refractivity contribution in [1.29, 1.82) is 0 Å². The van der Waals surface area contributed by atoms with E-state index in [1.807, 2.05) is 31.4 Å². The molecule has 0 saturated carbocycles. The van der Waals surface area contributed by atoms with Gasteiger partial charge in [0.25, 0.3) is 15.9 Å². The van der Waals surface area contributed by atoms with E-state index in [1.54, 1.807) is 36.4 Å². The van der Waals surface area contributed by atoms with E-state index in [0.717, 1.165) is 26.9 Å². The van der Waals surface area contributed by atoms with Crippen LogP contribution in [-0.2, 0) is 14.8 Å². The number of amides is 1. The molecule has 43 heavy (non-hydrogen) atoms. The average molecular weight is 609 g/mol. The highest BCUT2D eigenvalue weighted by Crippen LogP contribution is 2.32. The molecule has 0 fully saturated rings. The third-order valence-electron chi connectivity index (χ3n) is 6.61. The molecule has 0 aliphatic rings. The summed E-state index contributed by atoms with van der Waals surface area (Å²) in [6.45, 7) is 5.51. The largest absolute Gasteiger partial charge is 0.494 e. The lowest BCUT2D eigenvalue weighted by atomic mass is 10.2. The number of hydrogen-bond donors (Lipinski definition) is 1. The summed E-state index contributed by atoms with van der Waals surface area (Å²) in [7, 11) is -1.39. The smallest absolute Gasteiger partial charge is 0.264 e. The molecule has 0 spiro atoms. The van der Waals surface area contributed by atoms with Gasteiger partial charge in [-0.1, -0.05) is 0 Å². The number of halogens is 1. The third-order valence-corrected chi connectivity index (χ3v) is 8.38. The van der Waals surface area contributed by atoms with Gasteiger partial charge in [-0.3, -0.25) is 9.10 Å². The number of methoxy groups -OCH3 is 2. The van der Waals surface area contributed by atoms with Gasteiger partial charge >= 0.3 is 0 Å². The fourth-order valence-corrected chi connectivity index (χ4v) is 5.98. The zero-order valence-electron chi connectivity index (χ0n) is 24.5. The van der Waals surface area contributed by atoms with E-state index in [0.29, 0.717) is 18.1 Å². The lowest BCUT2D eigenvalue weighted by Gasteiger charge is -2.24. The number of rotatable bonds is 12. The van der Waals surface area contributed by atoms with Crippen LogP contribution in [0.1, 0.15) is 23.9 Å². The number of ether oxygens (including phenoxy) is 3. The molecule has 10 nitrogen and oxygen atoms in total. The van der Waals surface area contributed by atoms with Crippen LogP contribution in [0.15, 0.2) is 82.8 Å². The highest BCUT2D eigenvalue weighted by Gasteiger charge is 2.28. The Kier molecular flexibility index (Phi) is 9.71. The monoisotopic (exact) mass is 608 g/mol. The Hall–Kier alpha value is -4.84. The van der Waals surface area contributed by atoms with Gasteiger partial charge in [-0.15, -0.1) is 0 Å². The molecule has 0 unspecified atom stereocenters. The molecule has 3 aromatic carbocycles. The number of nitrogens with zero attached hydrogens (tertiary/aromatic N) is 3. The van der Waals surface area contributed by atoms with Crippen LogP contribution in [0.2, 0.25) is 0 Å². The number of sulfonamides is 1. The van der Waals surface area contributed by atoms with Crippen LogP contribution in [0.4, 0.5) is 10.1 Å². The summed E-state index contributed by atoms with van der Waals surface area (Å²) < 4.78 is 60.0. The molecular weight excluding hydrogens is 575 g/mol. The maximum absolute atomic E-state index is 13.8. The molecule has 1 amide bonds. The quantitative estimate of drug-likeness (QED) is 0.179. The van der Waals surface area contributed by atoms with Crippen molar-refractivity contribution in [2.24, 2.45) is 5.10 Å². The highest BCUT2D eigenvalue weighted by molar-refractivity contribution is 7.92. The summed E-state index contributed by atoms with van der Waals surface area (Å²) in [5.74, 6) is 0.147. The van der Waals surface area contributed by atoms with Gasteiger partial charge in [0.2, 0.25) is 0 Å². The summed E-state index contributed by atoms with van der Waals surface area (Å²) in [5, 5.41) is 4.08. The fraction of sp³-hybridized carbons (Fsp3) is 0.226. The molecule has 1 N–H and O–H groups in total. The highest BCUT2D eigenvalue weighted by atomic mass is 32.2. The van der Waals surface area contributed by atoms with Crippen molar-refractivity contribution >= 4 is 27.8 Å². The number of carbonyl (C=O) groups excluding carboxylic acids is 1. The normalized spacial score (nSPS) is 11.4. The lowest BCUT2D eigenvalue weighted by molar-refractivity contribution is -0.119. The first-order chi connectivity index (χ1) is 20.6. The van der Waals surface area contributed by atoms with Gasteiger partial charge in [-0.25, -0.2) is 18.2 Å². The number of carbonyl (C=O) groups is 1. The van der Waals surface area contributed by atoms with E-state index in [1.165, 1.54) is 50.8 Å². The van der Waals surface area contributed by atoms with Crippen molar-refractivity contribution in [3.63, 3.8) is 0 Å². The van der Waals surface area contributed by atoms with E-state index in [4.69, 9.17) is 14.2 Å². The average Bonchev–Trinajstić information content (AvgIpc) is 3.28. The zero-order valence-corrected chi connectivity index (χ0v) is 25.3. The van der Waals surface area contributed by atoms with Crippen LogP contribution in [0.5, 0.6) is 17.2 Å². The fourth-order valence-electron chi connectivity index (χ4n) is 4.54. The maximum Gasteiger partial charge on any atom is 0.264 e. The first-order valence-corrected chi connectivity index (χ1v) is 14.8. The van der Waals surface area contributed by atoms with E-state index in [2.05, 4.69) is 10.5 Å². The number of anilines is 1. The minimum Gasteiger partial charge on any atom is -0.494 e. The number of hydrazone groups is 1. The summed E-state index contributed by atoms with van der Waals surface area (Å²) in [6.07, 6.45) is 1.48. The molecule has 0 bridgehead atoms. The molecule has 0 aliphatic carbocycles. The van der Waals surface area contributed by atoms with Crippen LogP contribution < -0.4 is 23.9 Å². The Balaban J connectivity index is 1.59. The summed E-state index contributed by atoms with van der Waals surface area (Å²) in [5.41, 5.74) is 5.90. The van der Waals surface area contributed by atoms with E-state index >= 15 is 0 Å². The Morgan fingerprint density at radius 1 is 0.977 bits per heavy atom. The van der Waals surface area contributed by atoms with Crippen LogP contribution in [-0.4, -0.2) is 52.5 Å². The lowest BCUT2D eigenvalue weighted by Crippen LogP contribution is -2.39. The number of nitrogens with one attached hydrogen (secondary N) is 1. The van der Waals surface area contributed by atoms with E-state index < -0.39 is 22.5 Å². The topological polar surface area (TPSA) is 111 Å². The predicted octanol–water partition coefficient (Wildman–Crippen LogP) is 4.99. The van der Waals surface area contributed by atoms with Gasteiger partial charge < -0.3 is 18.8 Å². The molecule has 0 saturated heterocycles. The third kappa shape index (κ3) is 6.97. The van der Waals surface area contributed by atoms with Gasteiger partial charge in [0, 0.05) is 28.7 Å². The molecule has 4 rings (SSSR count). The number of hydrogen-bond acceptors (Lipinski definition) is 7. The Labute approximate surface area is 250 Å². The van der Waals surface area contributed by atoms with Gasteiger partial charge in [0.15, 0.2) is 11.5 Å². The molecule has 4 aromatic rings. The second-order valence-corrected chi connectivity index (χ2v) is 11.2. The minimum atomic E-state index is -4.24. The van der Waals surface area contributed by atoms with Gasteiger partial charge in [0.1, 0.15) is 18.1 Å². The van der Waals surface area contributed by atoms with Crippen molar-refractivity contribution in [3.8, 4) is 22.9 Å². The molecule has 0 atom stereocenters. The Morgan fingerprint density at radius 3 is 2.28 bits per heavy atom. The van der Waals surface area contributed by atoms with Crippen LogP contribution in [0.25, 0.3) is 5.69 Å². The second-order valence-electron chi connectivity index (χ2n) is 9.39. The van der Waals surface area contributed by atoms with Crippen LogP contribution in [0.3, 0.4) is 0 Å². The second kappa shape index (κ2) is 13.4. The SMILES string of the molecule is CCOc1ccc(N(CC(=O)N/N=C\c2cc(C)n(-c3ccc(F)cc3)c2C)S(=O)(=O)c2ccc(OC)c(OC)c2)cc1. The van der Waals surface area contributed by atoms with Crippen molar-refractivity contribution < 1.29 is 31.8 Å². The summed E-state index contributed by atoms with van der Waals surface area (Å²) in [6, 6.07) is 18.6. The first kappa shape index (κ1) is 31.1. The van der Waals surface area contributed by atoms with Gasteiger partial charge in [-0.2, -0.15) is 5.10 Å². The maximum atomic E-state index is 13.8. The molecule has 1 aromatic heterocycles. The standard InChI is InChI=1S/C31H33FN4O6S/c1-6-42-27-13-11-25(12-14-27)35(43(38,39)28-15-16-29(40-4)30(18-28)41-5)20-31(37)34-33-19-23-17-21(2)36(22(23)3)26-9-7-24(32)8-10-26/h7-19H,6,20H2,1-5H3,(H,34,37)/b33-19-. The number of aromatic nitrogens is 1. The summed E-state index contributed by atoms with van der Waals surface area (Å²) >= 11 is 0. The zero-order chi connectivity index (χ0) is 31.1. The molecule has 0 radical (unpaired) electrons. The van der Waals surface area contributed by atoms with Crippen molar-refractivity contribution in [1.82, 2.24) is 9.99 Å². The van der Waals surface area contributed by atoms with Crippen LogP contribution >= 0.6 is 0 Å².